The lowest BCUT2D eigenvalue weighted by molar-refractivity contribution is 0.321. The van der Waals surface area contributed by atoms with Gasteiger partial charge in [-0.3, -0.25) is 0 Å². The second-order valence-corrected chi connectivity index (χ2v) is 10.9. The minimum absolute atomic E-state index is 0.0165. The van der Waals surface area contributed by atoms with E-state index in [1.807, 2.05) is 6.20 Å². The average Bonchev–Trinajstić information content (AvgIpc) is 3.37. The van der Waals surface area contributed by atoms with Crippen molar-refractivity contribution in [3.8, 4) is 0 Å². The highest BCUT2D eigenvalue weighted by atomic mass is 15.1. The van der Waals surface area contributed by atoms with Crippen LogP contribution in [0.15, 0.2) is 73.1 Å². The van der Waals surface area contributed by atoms with E-state index in [0.29, 0.717) is 5.92 Å². The minimum atomic E-state index is -0.0165. The van der Waals surface area contributed by atoms with Crippen molar-refractivity contribution in [1.82, 2.24) is 9.55 Å². The van der Waals surface area contributed by atoms with E-state index in [-0.39, 0.29) is 5.41 Å². The van der Waals surface area contributed by atoms with Crippen molar-refractivity contribution in [2.45, 2.75) is 122 Å². The van der Waals surface area contributed by atoms with Gasteiger partial charge in [-0.1, -0.05) is 146 Å². The molecule has 0 aliphatic heterocycles. The van der Waals surface area contributed by atoms with E-state index in [2.05, 4.69) is 92.2 Å². The SMILES string of the molecule is CCCCCCCCCC(c1nccn1CCCCCC)C(C)(Cc1ccccc1)c1ccccc1. The fourth-order valence-corrected chi connectivity index (χ4v) is 5.83. The van der Waals surface area contributed by atoms with Crippen molar-refractivity contribution in [2.24, 2.45) is 0 Å². The molecule has 2 heteroatoms. The van der Waals surface area contributed by atoms with Gasteiger partial charge < -0.3 is 4.57 Å². The summed E-state index contributed by atoms with van der Waals surface area (Å²) in [6.07, 6.45) is 21.1. The highest BCUT2D eigenvalue weighted by molar-refractivity contribution is 5.33. The highest BCUT2D eigenvalue weighted by Crippen LogP contribution is 2.44. The molecule has 0 amide bonds. The van der Waals surface area contributed by atoms with Crippen molar-refractivity contribution < 1.29 is 0 Å². The number of rotatable bonds is 18. The van der Waals surface area contributed by atoms with Gasteiger partial charge in [0, 0.05) is 30.3 Å². The normalized spacial score (nSPS) is 14.0. The molecule has 3 aromatic rings. The van der Waals surface area contributed by atoms with E-state index < -0.39 is 0 Å². The molecule has 0 aliphatic rings. The Bertz CT molecular complexity index is 946. The first kappa shape index (κ1) is 28.2. The zero-order chi connectivity index (χ0) is 25.5. The molecule has 1 heterocycles. The standard InChI is InChI=1S/C34H50N2/c1-4-6-8-10-11-12-19-25-32(33-35-26-28-36(33)27-20-9-7-5-2)34(3,31-23-17-14-18-24-31)29-30-21-15-13-16-22-30/h13-18,21-24,26,28,32H,4-12,19-20,25,27,29H2,1-3H3. The molecule has 0 radical (unpaired) electrons. The summed E-state index contributed by atoms with van der Waals surface area (Å²) < 4.78 is 2.48. The van der Waals surface area contributed by atoms with E-state index in [0.717, 1.165) is 13.0 Å². The van der Waals surface area contributed by atoms with Crippen molar-refractivity contribution >= 4 is 0 Å². The molecule has 0 bridgehead atoms. The fraction of sp³-hybridized carbons (Fsp3) is 0.559. The summed E-state index contributed by atoms with van der Waals surface area (Å²) in [5.41, 5.74) is 2.83. The zero-order valence-corrected chi connectivity index (χ0v) is 23.3. The number of benzene rings is 2. The van der Waals surface area contributed by atoms with Crippen LogP contribution in [0.3, 0.4) is 0 Å². The first-order valence-electron chi connectivity index (χ1n) is 14.8. The predicted molar refractivity (Wildman–Crippen MR) is 156 cm³/mol. The molecule has 2 atom stereocenters. The second-order valence-electron chi connectivity index (χ2n) is 10.9. The van der Waals surface area contributed by atoms with Gasteiger partial charge in [-0.2, -0.15) is 0 Å². The molecular formula is C34H50N2. The van der Waals surface area contributed by atoms with Gasteiger partial charge in [0.25, 0.3) is 0 Å². The molecule has 196 valence electrons. The maximum atomic E-state index is 5.05. The number of imidazole rings is 1. The number of aryl methyl sites for hydroxylation is 1. The number of unbranched alkanes of at least 4 members (excludes halogenated alkanes) is 9. The summed E-state index contributed by atoms with van der Waals surface area (Å²) in [6.45, 7) is 8.17. The molecule has 1 aromatic heterocycles. The summed E-state index contributed by atoms with van der Waals surface area (Å²) in [7, 11) is 0. The topological polar surface area (TPSA) is 17.8 Å². The van der Waals surface area contributed by atoms with Crippen LogP contribution in [0, 0.1) is 0 Å². The molecule has 0 spiro atoms. The molecule has 3 rings (SSSR count). The molecule has 0 saturated heterocycles. The van der Waals surface area contributed by atoms with E-state index >= 15 is 0 Å². The van der Waals surface area contributed by atoms with Gasteiger partial charge in [-0.25, -0.2) is 4.98 Å². The molecule has 2 aromatic carbocycles. The van der Waals surface area contributed by atoms with E-state index in [1.54, 1.807) is 0 Å². The summed E-state index contributed by atoms with van der Waals surface area (Å²) in [6, 6.07) is 22.3. The van der Waals surface area contributed by atoms with Gasteiger partial charge in [-0.15, -0.1) is 0 Å². The lowest BCUT2D eigenvalue weighted by Gasteiger charge is -2.39. The third-order valence-electron chi connectivity index (χ3n) is 8.02. The van der Waals surface area contributed by atoms with Crippen LogP contribution in [0.1, 0.15) is 121 Å². The molecule has 0 fully saturated rings. The van der Waals surface area contributed by atoms with Crippen LogP contribution in [-0.2, 0) is 18.4 Å². The van der Waals surface area contributed by atoms with Gasteiger partial charge in [-0.05, 0) is 30.4 Å². The second kappa shape index (κ2) is 15.7. The first-order chi connectivity index (χ1) is 17.7. The molecule has 36 heavy (non-hydrogen) atoms. The Morgan fingerprint density at radius 2 is 1.31 bits per heavy atom. The van der Waals surface area contributed by atoms with Crippen LogP contribution < -0.4 is 0 Å². The number of hydrogen-bond donors (Lipinski definition) is 0. The zero-order valence-electron chi connectivity index (χ0n) is 23.3. The number of nitrogens with zero attached hydrogens (tertiary/aromatic N) is 2. The Morgan fingerprint density at radius 3 is 1.97 bits per heavy atom. The molecule has 2 unspecified atom stereocenters. The van der Waals surface area contributed by atoms with Gasteiger partial charge in [0.15, 0.2) is 0 Å². The Kier molecular flexibility index (Phi) is 12.3. The van der Waals surface area contributed by atoms with Crippen molar-refractivity contribution in [3.63, 3.8) is 0 Å². The van der Waals surface area contributed by atoms with Crippen LogP contribution >= 0.6 is 0 Å². The third-order valence-corrected chi connectivity index (χ3v) is 8.02. The monoisotopic (exact) mass is 486 g/mol. The lowest BCUT2D eigenvalue weighted by atomic mass is 9.66. The number of hydrogen-bond acceptors (Lipinski definition) is 1. The van der Waals surface area contributed by atoms with E-state index in [4.69, 9.17) is 4.98 Å². The maximum Gasteiger partial charge on any atom is 0.112 e. The van der Waals surface area contributed by atoms with E-state index in [9.17, 15) is 0 Å². The van der Waals surface area contributed by atoms with Gasteiger partial charge in [0.2, 0.25) is 0 Å². The smallest absolute Gasteiger partial charge is 0.112 e. The first-order valence-corrected chi connectivity index (χ1v) is 14.8. The molecule has 0 N–H and O–H groups in total. The van der Waals surface area contributed by atoms with Crippen LogP contribution in [0.5, 0.6) is 0 Å². The third kappa shape index (κ3) is 8.36. The quantitative estimate of drug-likeness (QED) is 0.164. The van der Waals surface area contributed by atoms with Crippen LogP contribution in [-0.4, -0.2) is 9.55 Å². The van der Waals surface area contributed by atoms with Gasteiger partial charge >= 0.3 is 0 Å². The van der Waals surface area contributed by atoms with Crippen LogP contribution in [0.25, 0.3) is 0 Å². The van der Waals surface area contributed by atoms with Gasteiger partial charge in [0.05, 0.1) is 0 Å². The Balaban J connectivity index is 1.88. The largest absolute Gasteiger partial charge is 0.335 e. The summed E-state index contributed by atoms with van der Waals surface area (Å²) in [5.74, 6) is 1.68. The van der Waals surface area contributed by atoms with Crippen molar-refractivity contribution in [3.05, 3.63) is 90.0 Å². The van der Waals surface area contributed by atoms with Crippen molar-refractivity contribution in [1.29, 1.82) is 0 Å². The van der Waals surface area contributed by atoms with Crippen molar-refractivity contribution in [2.75, 3.05) is 0 Å². The van der Waals surface area contributed by atoms with E-state index in [1.165, 1.54) is 94.0 Å². The molecule has 0 saturated carbocycles. The summed E-state index contributed by atoms with van der Waals surface area (Å²) in [4.78, 5) is 5.05. The van der Waals surface area contributed by atoms with Crippen LogP contribution in [0.2, 0.25) is 0 Å². The maximum absolute atomic E-state index is 5.05. The Hall–Kier alpha value is -2.35. The molecule has 0 aliphatic carbocycles. The highest BCUT2D eigenvalue weighted by Gasteiger charge is 2.39. The minimum Gasteiger partial charge on any atom is -0.335 e. The predicted octanol–water partition coefficient (Wildman–Crippen LogP) is 9.89. The fourth-order valence-electron chi connectivity index (χ4n) is 5.83. The Morgan fingerprint density at radius 1 is 0.722 bits per heavy atom. The van der Waals surface area contributed by atoms with Crippen LogP contribution in [0.4, 0.5) is 0 Å². The lowest BCUT2D eigenvalue weighted by Crippen LogP contribution is -2.35. The number of aromatic nitrogens is 2. The summed E-state index contributed by atoms with van der Waals surface area (Å²) >= 11 is 0. The Labute approximate surface area is 221 Å². The van der Waals surface area contributed by atoms with Gasteiger partial charge in [0.1, 0.15) is 5.82 Å². The molecular weight excluding hydrogens is 436 g/mol. The summed E-state index contributed by atoms with van der Waals surface area (Å²) in [5, 5.41) is 0. The average molecular weight is 487 g/mol. The molecule has 2 nitrogen and oxygen atoms in total.